The Morgan fingerprint density at radius 2 is 2.38 bits per heavy atom. The average molecular weight is 219 g/mol. The van der Waals surface area contributed by atoms with Gasteiger partial charge in [0, 0.05) is 12.2 Å². The molecule has 2 atom stereocenters. The van der Waals surface area contributed by atoms with Crippen molar-refractivity contribution in [1.29, 1.82) is 0 Å². The van der Waals surface area contributed by atoms with Crippen molar-refractivity contribution >= 4 is 5.82 Å². The Bertz CT molecular complexity index is 314. The minimum absolute atomic E-state index is 0.489. The lowest BCUT2D eigenvalue weighted by atomic mass is 9.93. The molecule has 3 heteroatoms. The normalized spacial score (nSPS) is 22.8. The number of aryl methyl sites for hydroxylation is 1. The predicted octanol–water partition coefficient (Wildman–Crippen LogP) is 2.19. The first kappa shape index (κ1) is 11.4. The fraction of sp³-hybridized carbons (Fsp3) is 0.615. The molecule has 0 spiro atoms. The van der Waals surface area contributed by atoms with Crippen molar-refractivity contribution in [3.8, 4) is 0 Å². The topological polar surface area (TPSA) is 37.0 Å². The molecule has 16 heavy (non-hydrogen) atoms. The minimum Gasteiger partial charge on any atom is -0.367 e. The van der Waals surface area contributed by atoms with E-state index in [4.69, 9.17) is 0 Å². The van der Waals surface area contributed by atoms with E-state index in [0.29, 0.717) is 6.04 Å². The van der Waals surface area contributed by atoms with Crippen molar-refractivity contribution in [2.24, 2.45) is 5.92 Å². The average Bonchev–Trinajstić information content (AvgIpc) is 2.33. The van der Waals surface area contributed by atoms with Gasteiger partial charge in [-0.15, -0.1) is 0 Å². The van der Waals surface area contributed by atoms with Crippen LogP contribution in [0.15, 0.2) is 18.3 Å². The van der Waals surface area contributed by atoms with Gasteiger partial charge in [0.15, 0.2) is 0 Å². The summed E-state index contributed by atoms with van der Waals surface area (Å²) in [5, 5.41) is 6.94. The van der Waals surface area contributed by atoms with E-state index < -0.39 is 0 Å². The largest absolute Gasteiger partial charge is 0.367 e. The SMILES string of the molecule is Cc1ccc(NC(C)C2CCCNC2)nc1. The Morgan fingerprint density at radius 3 is 3.00 bits per heavy atom. The quantitative estimate of drug-likeness (QED) is 0.818. The Labute approximate surface area is 97.7 Å². The fourth-order valence-corrected chi connectivity index (χ4v) is 2.21. The zero-order chi connectivity index (χ0) is 11.4. The van der Waals surface area contributed by atoms with E-state index in [1.807, 2.05) is 6.20 Å². The second kappa shape index (κ2) is 5.30. The van der Waals surface area contributed by atoms with Gasteiger partial charge in [-0.3, -0.25) is 0 Å². The molecule has 0 saturated carbocycles. The van der Waals surface area contributed by atoms with E-state index in [-0.39, 0.29) is 0 Å². The van der Waals surface area contributed by atoms with Gasteiger partial charge < -0.3 is 10.6 Å². The number of aromatic nitrogens is 1. The van der Waals surface area contributed by atoms with Crippen LogP contribution in [0.4, 0.5) is 5.82 Å². The highest BCUT2D eigenvalue weighted by Crippen LogP contribution is 2.17. The van der Waals surface area contributed by atoms with E-state index in [1.54, 1.807) is 0 Å². The van der Waals surface area contributed by atoms with Crippen LogP contribution in [0.5, 0.6) is 0 Å². The van der Waals surface area contributed by atoms with E-state index in [2.05, 4.69) is 41.6 Å². The smallest absolute Gasteiger partial charge is 0.126 e. The molecule has 1 aliphatic heterocycles. The summed E-state index contributed by atoms with van der Waals surface area (Å²) in [6.45, 7) is 6.61. The number of hydrogen-bond donors (Lipinski definition) is 2. The van der Waals surface area contributed by atoms with Crippen molar-refractivity contribution in [3.05, 3.63) is 23.9 Å². The van der Waals surface area contributed by atoms with Crippen LogP contribution in [0.1, 0.15) is 25.3 Å². The summed E-state index contributed by atoms with van der Waals surface area (Å²) >= 11 is 0. The number of piperidine rings is 1. The highest BCUT2D eigenvalue weighted by Gasteiger charge is 2.19. The van der Waals surface area contributed by atoms with Crippen molar-refractivity contribution in [2.45, 2.75) is 32.7 Å². The van der Waals surface area contributed by atoms with Crippen LogP contribution in [0.25, 0.3) is 0 Å². The lowest BCUT2D eigenvalue weighted by Crippen LogP contribution is -2.38. The van der Waals surface area contributed by atoms with E-state index in [1.165, 1.54) is 24.9 Å². The maximum Gasteiger partial charge on any atom is 0.126 e. The zero-order valence-electron chi connectivity index (χ0n) is 10.2. The Morgan fingerprint density at radius 1 is 1.50 bits per heavy atom. The van der Waals surface area contributed by atoms with Crippen LogP contribution in [-0.2, 0) is 0 Å². The molecule has 0 aromatic carbocycles. The summed E-state index contributed by atoms with van der Waals surface area (Å²) < 4.78 is 0. The van der Waals surface area contributed by atoms with Gasteiger partial charge in [-0.25, -0.2) is 4.98 Å². The van der Waals surface area contributed by atoms with Gasteiger partial charge in [0.25, 0.3) is 0 Å². The van der Waals surface area contributed by atoms with Crippen molar-refractivity contribution < 1.29 is 0 Å². The molecular weight excluding hydrogens is 198 g/mol. The summed E-state index contributed by atoms with van der Waals surface area (Å²) in [6.07, 6.45) is 4.51. The van der Waals surface area contributed by atoms with E-state index in [0.717, 1.165) is 18.3 Å². The maximum absolute atomic E-state index is 4.38. The molecule has 2 rings (SSSR count). The standard InChI is InChI=1S/C13H21N3/c1-10-5-6-13(15-8-10)16-11(2)12-4-3-7-14-9-12/h5-6,8,11-12,14H,3-4,7,9H2,1-2H3,(H,15,16). The molecule has 1 fully saturated rings. The molecule has 88 valence electrons. The molecule has 0 bridgehead atoms. The number of hydrogen-bond acceptors (Lipinski definition) is 3. The van der Waals surface area contributed by atoms with Gasteiger partial charge in [-0.2, -0.15) is 0 Å². The lowest BCUT2D eigenvalue weighted by molar-refractivity contribution is 0.346. The first-order valence-corrected chi connectivity index (χ1v) is 6.15. The van der Waals surface area contributed by atoms with Gasteiger partial charge in [-0.05, 0) is 57.3 Å². The third-order valence-electron chi connectivity index (χ3n) is 3.33. The second-order valence-corrected chi connectivity index (χ2v) is 4.76. The van der Waals surface area contributed by atoms with Gasteiger partial charge in [0.05, 0.1) is 0 Å². The Hall–Kier alpha value is -1.09. The molecule has 1 saturated heterocycles. The second-order valence-electron chi connectivity index (χ2n) is 4.76. The van der Waals surface area contributed by atoms with Crippen LogP contribution < -0.4 is 10.6 Å². The van der Waals surface area contributed by atoms with Crippen molar-refractivity contribution in [3.63, 3.8) is 0 Å². The molecule has 3 nitrogen and oxygen atoms in total. The molecule has 0 radical (unpaired) electrons. The number of pyridine rings is 1. The molecule has 1 aromatic heterocycles. The van der Waals surface area contributed by atoms with Crippen molar-refractivity contribution in [1.82, 2.24) is 10.3 Å². The van der Waals surface area contributed by atoms with Gasteiger partial charge in [0.1, 0.15) is 5.82 Å². The minimum atomic E-state index is 0.489. The first-order chi connectivity index (χ1) is 7.75. The number of rotatable bonds is 3. The van der Waals surface area contributed by atoms with Gasteiger partial charge >= 0.3 is 0 Å². The Kier molecular flexibility index (Phi) is 3.78. The van der Waals surface area contributed by atoms with Crippen LogP contribution in [0, 0.1) is 12.8 Å². The van der Waals surface area contributed by atoms with Crippen LogP contribution in [0.2, 0.25) is 0 Å². The molecule has 1 aromatic rings. The molecule has 2 heterocycles. The molecule has 1 aliphatic rings. The lowest BCUT2D eigenvalue weighted by Gasteiger charge is -2.29. The maximum atomic E-state index is 4.38. The van der Waals surface area contributed by atoms with Crippen LogP contribution in [-0.4, -0.2) is 24.1 Å². The predicted molar refractivity (Wildman–Crippen MR) is 67.7 cm³/mol. The third-order valence-corrected chi connectivity index (χ3v) is 3.33. The number of nitrogens with zero attached hydrogens (tertiary/aromatic N) is 1. The summed E-state index contributed by atoms with van der Waals surface area (Å²) in [5.74, 6) is 1.71. The summed E-state index contributed by atoms with van der Waals surface area (Å²) in [6, 6.07) is 4.64. The molecule has 0 amide bonds. The fourth-order valence-electron chi connectivity index (χ4n) is 2.21. The molecule has 0 aliphatic carbocycles. The van der Waals surface area contributed by atoms with Crippen molar-refractivity contribution in [2.75, 3.05) is 18.4 Å². The van der Waals surface area contributed by atoms with Crippen LogP contribution >= 0.6 is 0 Å². The third kappa shape index (κ3) is 2.95. The monoisotopic (exact) mass is 219 g/mol. The van der Waals surface area contributed by atoms with E-state index >= 15 is 0 Å². The molecular formula is C13H21N3. The molecule has 2 N–H and O–H groups in total. The molecule has 2 unspecified atom stereocenters. The number of nitrogens with one attached hydrogen (secondary N) is 2. The number of anilines is 1. The summed E-state index contributed by atoms with van der Waals surface area (Å²) in [5.41, 5.74) is 1.21. The van der Waals surface area contributed by atoms with Gasteiger partial charge in [-0.1, -0.05) is 6.07 Å². The van der Waals surface area contributed by atoms with E-state index in [9.17, 15) is 0 Å². The first-order valence-electron chi connectivity index (χ1n) is 6.15. The zero-order valence-corrected chi connectivity index (χ0v) is 10.2. The summed E-state index contributed by atoms with van der Waals surface area (Å²) in [4.78, 5) is 4.38. The van der Waals surface area contributed by atoms with Crippen LogP contribution in [0.3, 0.4) is 0 Å². The summed E-state index contributed by atoms with van der Waals surface area (Å²) in [7, 11) is 0. The van der Waals surface area contributed by atoms with Gasteiger partial charge in [0.2, 0.25) is 0 Å². The Balaban J connectivity index is 1.90. The highest BCUT2D eigenvalue weighted by atomic mass is 15.0. The highest BCUT2D eigenvalue weighted by molar-refractivity contribution is 5.36.